The second kappa shape index (κ2) is 5.57. The molecule has 0 spiro atoms. The fourth-order valence-electron chi connectivity index (χ4n) is 2.40. The Morgan fingerprint density at radius 2 is 2.16 bits per heavy atom. The fraction of sp³-hybridized carbons (Fsp3) is 0.429. The van der Waals surface area contributed by atoms with E-state index in [0.29, 0.717) is 0 Å². The van der Waals surface area contributed by atoms with Crippen molar-refractivity contribution in [2.75, 3.05) is 29.9 Å². The molecular formula is C14H18N4S. The lowest BCUT2D eigenvalue weighted by Gasteiger charge is -2.21. The Bertz CT molecular complexity index is 520. The van der Waals surface area contributed by atoms with Crippen LogP contribution in [0, 0.1) is 0 Å². The molecular weight excluding hydrogens is 256 g/mol. The highest BCUT2D eigenvalue weighted by Gasteiger charge is 2.15. The van der Waals surface area contributed by atoms with Crippen LogP contribution in [0.4, 0.5) is 11.6 Å². The zero-order chi connectivity index (χ0) is 13.1. The zero-order valence-corrected chi connectivity index (χ0v) is 11.9. The minimum atomic E-state index is 0.889. The van der Waals surface area contributed by atoms with Gasteiger partial charge in [-0.15, -0.1) is 0 Å². The number of hydrogen-bond donors (Lipinski definition) is 0. The van der Waals surface area contributed by atoms with Crippen molar-refractivity contribution in [1.29, 1.82) is 0 Å². The highest BCUT2D eigenvalue weighted by atomic mass is 32.1. The summed E-state index contributed by atoms with van der Waals surface area (Å²) in [4.78, 5) is 13.3. The molecule has 5 heteroatoms. The van der Waals surface area contributed by atoms with Gasteiger partial charge in [0, 0.05) is 32.7 Å². The summed E-state index contributed by atoms with van der Waals surface area (Å²) in [5.41, 5.74) is 1.33. The van der Waals surface area contributed by atoms with Crippen LogP contribution in [0.3, 0.4) is 0 Å². The van der Waals surface area contributed by atoms with Gasteiger partial charge in [-0.25, -0.2) is 9.97 Å². The average molecular weight is 274 g/mol. The molecule has 3 heterocycles. The third-order valence-electron chi connectivity index (χ3n) is 3.46. The summed E-state index contributed by atoms with van der Waals surface area (Å²) in [6, 6.07) is 4.25. The Morgan fingerprint density at radius 3 is 2.89 bits per heavy atom. The molecule has 1 aliphatic rings. The molecule has 0 amide bonds. The van der Waals surface area contributed by atoms with Crippen molar-refractivity contribution >= 4 is 23.0 Å². The molecule has 0 bridgehead atoms. The largest absolute Gasteiger partial charge is 0.356 e. The van der Waals surface area contributed by atoms with Gasteiger partial charge in [0.15, 0.2) is 0 Å². The van der Waals surface area contributed by atoms with Crippen molar-refractivity contribution in [2.24, 2.45) is 0 Å². The number of hydrogen-bond acceptors (Lipinski definition) is 5. The van der Waals surface area contributed by atoms with Crippen molar-refractivity contribution in [2.45, 2.75) is 19.4 Å². The molecule has 0 atom stereocenters. The van der Waals surface area contributed by atoms with Gasteiger partial charge in [0.2, 0.25) is 0 Å². The number of nitrogens with zero attached hydrogens (tertiary/aromatic N) is 4. The van der Waals surface area contributed by atoms with Crippen LogP contribution in [0.15, 0.2) is 29.2 Å². The van der Waals surface area contributed by atoms with Gasteiger partial charge in [-0.3, -0.25) is 0 Å². The van der Waals surface area contributed by atoms with Crippen LogP contribution in [0.5, 0.6) is 0 Å². The van der Waals surface area contributed by atoms with E-state index < -0.39 is 0 Å². The molecule has 19 heavy (non-hydrogen) atoms. The molecule has 0 aromatic carbocycles. The Balaban J connectivity index is 1.74. The van der Waals surface area contributed by atoms with Crippen molar-refractivity contribution in [1.82, 2.24) is 9.97 Å². The van der Waals surface area contributed by atoms with Gasteiger partial charge in [-0.05, 0) is 35.2 Å². The summed E-state index contributed by atoms with van der Waals surface area (Å²) in [6.07, 6.45) is 4.21. The highest BCUT2D eigenvalue weighted by molar-refractivity contribution is 7.07. The Hall–Kier alpha value is -1.62. The van der Waals surface area contributed by atoms with E-state index >= 15 is 0 Å². The van der Waals surface area contributed by atoms with Gasteiger partial charge < -0.3 is 9.80 Å². The first kappa shape index (κ1) is 12.4. The van der Waals surface area contributed by atoms with E-state index in [1.54, 1.807) is 17.7 Å². The van der Waals surface area contributed by atoms with Gasteiger partial charge in [0.05, 0.1) is 0 Å². The maximum Gasteiger partial charge on any atom is 0.134 e. The first-order valence-electron chi connectivity index (χ1n) is 6.62. The molecule has 0 radical (unpaired) electrons. The van der Waals surface area contributed by atoms with Crippen molar-refractivity contribution in [3.63, 3.8) is 0 Å². The SMILES string of the molecule is CN(Cc1ccsc1)c1cc(N2CCCC2)ncn1. The van der Waals surface area contributed by atoms with E-state index in [0.717, 1.165) is 31.3 Å². The van der Waals surface area contributed by atoms with E-state index in [-0.39, 0.29) is 0 Å². The molecule has 100 valence electrons. The molecule has 3 rings (SSSR count). The van der Waals surface area contributed by atoms with Crippen LogP contribution in [0.2, 0.25) is 0 Å². The first-order valence-corrected chi connectivity index (χ1v) is 7.56. The molecule has 0 saturated carbocycles. The predicted molar refractivity (Wildman–Crippen MR) is 79.9 cm³/mol. The first-order chi connectivity index (χ1) is 9.33. The molecule has 0 unspecified atom stereocenters. The molecule has 0 aliphatic carbocycles. The summed E-state index contributed by atoms with van der Waals surface area (Å²) in [5.74, 6) is 2.04. The number of rotatable bonds is 4. The number of anilines is 2. The van der Waals surface area contributed by atoms with Crippen LogP contribution in [0.1, 0.15) is 18.4 Å². The van der Waals surface area contributed by atoms with Crippen LogP contribution in [-0.4, -0.2) is 30.1 Å². The minimum absolute atomic E-state index is 0.889. The number of thiophene rings is 1. The van der Waals surface area contributed by atoms with E-state index in [2.05, 4.69) is 49.7 Å². The van der Waals surface area contributed by atoms with E-state index in [1.165, 1.54) is 18.4 Å². The second-order valence-electron chi connectivity index (χ2n) is 4.92. The quantitative estimate of drug-likeness (QED) is 0.858. The van der Waals surface area contributed by atoms with Gasteiger partial charge in [-0.2, -0.15) is 11.3 Å². The van der Waals surface area contributed by atoms with Gasteiger partial charge in [0.25, 0.3) is 0 Å². The van der Waals surface area contributed by atoms with E-state index in [1.807, 2.05) is 0 Å². The lowest BCUT2D eigenvalue weighted by atomic mass is 10.3. The van der Waals surface area contributed by atoms with Crippen LogP contribution in [0.25, 0.3) is 0 Å². The van der Waals surface area contributed by atoms with Crippen molar-refractivity contribution < 1.29 is 0 Å². The van der Waals surface area contributed by atoms with Gasteiger partial charge in [0.1, 0.15) is 18.0 Å². The Morgan fingerprint density at radius 1 is 1.32 bits per heavy atom. The van der Waals surface area contributed by atoms with E-state index in [9.17, 15) is 0 Å². The van der Waals surface area contributed by atoms with Crippen LogP contribution in [-0.2, 0) is 6.54 Å². The summed E-state index contributed by atoms with van der Waals surface area (Å²) < 4.78 is 0. The molecule has 2 aromatic rings. The van der Waals surface area contributed by atoms with Gasteiger partial charge in [-0.1, -0.05) is 0 Å². The summed E-state index contributed by atoms with van der Waals surface area (Å²) in [6.45, 7) is 3.12. The van der Waals surface area contributed by atoms with Crippen molar-refractivity contribution in [3.05, 3.63) is 34.8 Å². The molecule has 0 N–H and O–H groups in total. The lowest BCUT2D eigenvalue weighted by molar-refractivity contribution is 0.877. The standard InChI is InChI=1S/C14H18N4S/c1-17(9-12-4-7-19-10-12)13-8-14(16-11-15-13)18-5-2-3-6-18/h4,7-8,10-11H,2-3,5-6,9H2,1H3. The Labute approximate surface area is 117 Å². The van der Waals surface area contributed by atoms with Gasteiger partial charge >= 0.3 is 0 Å². The molecule has 1 aliphatic heterocycles. The zero-order valence-electron chi connectivity index (χ0n) is 11.1. The monoisotopic (exact) mass is 274 g/mol. The second-order valence-corrected chi connectivity index (χ2v) is 5.70. The third-order valence-corrected chi connectivity index (χ3v) is 4.19. The average Bonchev–Trinajstić information content (AvgIpc) is 3.12. The topological polar surface area (TPSA) is 32.3 Å². The Kier molecular flexibility index (Phi) is 3.64. The molecule has 4 nitrogen and oxygen atoms in total. The minimum Gasteiger partial charge on any atom is -0.356 e. The summed E-state index contributed by atoms with van der Waals surface area (Å²) in [7, 11) is 2.08. The van der Waals surface area contributed by atoms with Crippen LogP contribution < -0.4 is 9.80 Å². The van der Waals surface area contributed by atoms with Crippen LogP contribution >= 0.6 is 11.3 Å². The maximum atomic E-state index is 4.39. The van der Waals surface area contributed by atoms with E-state index in [4.69, 9.17) is 0 Å². The molecule has 1 fully saturated rings. The third kappa shape index (κ3) is 2.87. The predicted octanol–water partition coefficient (Wildman–Crippen LogP) is 2.77. The number of aromatic nitrogens is 2. The summed E-state index contributed by atoms with van der Waals surface area (Å²) in [5, 5.41) is 4.29. The highest BCUT2D eigenvalue weighted by Crippen LogP contribution is 2.21. The maximum absolute atomic E-state index is 4.39. The fourth-order valence-corrected chi connectivity index (χ4v) is 3.06. The lowest BCUT2D eigenvalue weighted by Crippen LogP contribution is -2.21. The smallest absolute Gasteiger partial charge is 0.134 e. The molecule has 1 saturated heterocycles. The van der Waals surface area contributed by atoms with Crippen molar-refractivity contribution in [3.8, 4) is 0 Å². The normalized spacial score (nSPS) is 14.9. The summed E-state index contributed by atoms with van der Waals surface area (Å²) >= 11 is 1.73. The molecule has 2 aromatic heterocycles.